The molecule has 20 heavy (non-hydrogen) atoms. The summed E-state index contributed by atoms with van der Waals surface area (Å²) in [6.45, 7) is 1.59. The van der Waals surface area contributed by atoms with Crippen molar-refractivity contribution in [3.63, 3.8) is 0 Å². The second kappa shape index (κ2) is 6.55. The number of carbonyl (C=O) groups excluding carboxylic acids is 2. The molecule has 4 nitrogen and oxygen atoms in total. The lowest BCUT2D eigenvalue weighted by Crippen LogP contribution is -2.40. The first-order valence-corrected chi connectivity index (χ1v) is 7.17. The summed E-state index contributed by atoms with van der Waals surface area (Å²) in [5.74, 6) is 0.258. The molecule has 0 radical (unpaired) electrons. The molecule has 2 amide bonds. The Bertz CT molecular complexity index is 465. The van der Waals surface area contributed by atoms with Crippen molar-refractivity contribution in [2.45, 2.75) is 38.6 Å². The van der Waals surface area contributed by atoms with Crippen LogP contribution in [0.2, 0.25) is 0 Å². The van der Waals surface area contributed by atoms with Crippen molar-refractivity contribution in [1.29, 1.82) is 0 Å². The number of amides is 2. The predicted molar refractivity (Wildman–Crippen MR) is 79.3 cm³/mol. The van der Waals surface area contributed by atoms with E-state index >= 15 is 0 Å². The van der Waals surface area contributed by atoms with Crippen LogP contribution >= 0.6 is 0 Å². The van der Waals surface area contributed by atoms with Gasteiger partial charge in [-0.25, -0.2) is 0 Å². The van der Waals surface area contributed by atoms with Crippen LogP contribution in [0.25, 0.3) is 0 Å². The Hall–Kier alpha value is -1.84. The molecular weight excluding hydrogens is 252 g/mol. The van der Waals surface area contributed by atoms with E-state index in [2.05, 4.69) is 5.32 Å². The highest BCUT2D eigenvalue weighted by atomic mass is 16.2. The Morgan fingerprint density at radius 1 is 1.10 bits per heavy atom. The lowest BCUT2D eigenvalue weighted by Gasteiger charge is -2.33. The van der Waals surface area contributed by atoms with Gasteiger partial charge in [-0.15, -0.1) is 0 Å². The summed E-state index contributed by atoms with van der Waals surface area (Å²) in [6, 6.07) is 9.83. The van der Waals surface area contributed by atoms with Crippen molar-refractivity contribution in [2.24, 2.45) is 5.92 Å². The van der Waals surface area contributed by atoms with Crippen LogP contribution in [0.1, 0.15) is 32.6 Å². The average Bonchev–Trinajstić information content (AvgIpc) is 2.47. The number of rotatable bonds is 3. The van der Waals surface area contributed by atoms with Crippen LogP contribution in [0.4, 0.5) is 5.69 Å². The Morgan fingerprint density at radius 3 is 2.25 bits per heavy atom. The van der Waals surface area contributed by atoms with E-state index in [1.165, 1.54) is 0 Å². The molecule has 0 unspecified atom stereocenters. The number of nitrogens with zero attached hydrogens (tertiary/aromatic N) is 1. The third-order valence-electron chi connectivity index (χ3n) is 4.15. The summed E-state index contributed by atoms with van der Waals surface area (Å²) >= 11 is 0. The maximum absolute atomic E-state index is 12.2. The smallest absolute Gasteiger partial charge is 0.227 e. The molecule has 2 rings (SSSR count). The summed E-state index contributed by atoms with van der Waals surface area (Å²) in [5.41, 5.74) is 0.848. The summed E-state index contributed by atoms with van der Waals surface area (Å²) in [7, 11) is 1.84. The zero-order valence-electron chi connectivity index (χ0n) is 12.1. The minimum Gasteiger partial charge on any atom is -0.343 e. The molecule has 0 aromatic heterocycles. The molecule has 0 spiro atoms. The van der Waals surface area contributed by atoms with Gasteiger partial charge in [0, 0.05) is 31.6 Å². The molecule has 1 aromatic carbocycles. The van der Waals surface area contributed by atoms with Crippen molar-refractivity contribution in [3.05, 3.63) is 30.3 Å². The van der Waals surface area contributed by atoms with Crippen molar-refractivity contribution in [1.82, 2.24) is 4.90 Å². The van der Waals surface area contributed by atoms with Crippen LogP contribution in [0.15, 0.2) is 30.3 Å². The van der Waals surface area contributed by atoms with Crippen molar-refractivity contribution in [2.75, 3.05) is 12.4 Å². The van der Waals surface area contributed by atoms with Crippen LogP contribution in [-0.2, 0) is 9.59 Å². The Morgan fingerprint density at radius 2 is 1.70 bits per heavy atom. The van der Waals surface area contributed by atoms with Crippen molar-refractivity contribution < 1.29 is 9.59 Å². The molecular formula is C16H22N2O2. The van der Waals surface area contributed by atoms with Crippen LogP contribution in [0.5, 0.6) is 0 Å². The van der Waals surface area contributed by atoms with E-state index in [0.717, 1.165) is 31.4 Å². The van der Waals surface area contributed by atoms with Crippen LogP contribution < -0.4 is 5.32 Å². The average molecular weight is 274 g/mol. The molecule has 108 valence electrons. The summed E-state index contributed by atoms with van der Waals surface area (Å²) < 4.78 is 0. The SMILES string of the molecule is CC(=O)N(C)C1CCC(C(=O)Nc2ccccc2)CC1. The van der Waals surface area contributed by atoms with Gasteiger partial charge in [-0.05, 0) is 37.8 Å². The van der Waals surface area contributed by atoms with E-state index in [9.17, 15) is 9.59 Å². The second-order valence-electron chi connectivity index (χ2n) is 5.49. The standard InChI is InChI=1S/C16H22N2O2/c1-12(19)18(2)15-10-8-13(9-11-15)16(20)17-14-6-4-3-5-7-14/h3-7,13,15H,8-11H2,1-2H3,(H,17,20). The molecule has 0 atom stereocenters. The fraction of sp³-hybridized carbons (Fsp3) is 0.500. The summed E-state index contributed by atoms with van der Waals surface area (Å²) in [6.07, 6.45) is 3.51. The first-order chi connectivity index (χ1) is 9.58. The Kier molecular flexibility index (Phi) is 4.77. The number of benzene rings is 1. The van der Waals surface area contributed by atoms with Gasteiger partial charge in [-0.2, -0.15) is 0 Å². The molecule has 0 bridgehead atoms. The van der Waals surface area contributed by atoms with Gasteiger partial charge in [0.05, 0.1) is 0 Å². The Labute approximate surface area is 120 Å². The quantitative estimate of drug-likeness (QED) is 0.921. The molecule has 0 aliphatic heterocycles. The number of carbonyl (C=O) groups is 2. The first kappa shape index (κ1) is 14.6. The molecule has 1 fully saturated rings. The molecule has 1 aromatic rings. The number of para-hydroxylation sites is 1. The van der Waals surface area contributed by atoms with E-state index in [-0.39, 0.29) is 23.8 Å². The molecule has 0 saturated heterocycles. The van der Waals surface area contributed by atoms with Gasteiger partial charge in [-0.3, -0.25) is 9.59 Å². The van der Waals surface area contributed by atoms with E-state index in [1.807, 2.05) is 37.4 Å². The molecule has 1 saturated carbocycles. The monoisotopic (exact) mass is 274 g/mol. The molecule has 1 N–H and O–H groups in total. The first-order valence-electron chi connectivity index (χ1n) is 7.17. The fourth-order valence-corrected chi connectivity index (χ4v) is 2.75. The zero-order chi connectivity index (χ0) is 14.5. The second-order valence-corrected chi connectivity index (χ2v) is 5.49. The van der Waals surface area contributed by atoms with Crippen LogP contribution in [0.3, 0.4) is 0 Å². The number of nitrogens with one attached hydrogen (secondary N) is 1. The van der Waals surface area contributed by atoms with Gasteiger partial charge in [0.2, 0.25) is 11.8 Å². The lowest BCUT2D eigenvalue weighted by atomic mass is 9.85. The van der Waals surface area contributed by atoms with Crippen molar-refractivity contribution in [3.8, 4) is 0 Å². The fourth-order valence-electron chi connectivity index (χ4n) is 2.75. The highest BCUT2D eigenvalue weighted by Gasteiger charge is 2.28. The van der Waals surface area contributed by atoms with E-state index in [1.54, 1.807) is 11.8 Å². The highest BCUT2D eigenvalue weighted by molar-refractivity contribution is 5.92. The molecule has 4 heteroatoms. The highest BCUT2D eigenvalue weighted by Crippen LogP contribution is 2.28. The largest absolute Gasteiger partial charge is 0.343 e. The summed E-state index contributed by atoms with van der Waals surface area (Å²) in [4.78, 5) is 25.3. The van der Waals surface area contributed by atoms with Gasteiger partial charge < -0.3 is 10.2 Å². The van der Waals surface area contributed by atoms with Gasteiger partial charge in [-0.1, -0.05) is 18.2 Å². The molecule has 0 heterocycles. The van der Waals surface area contributed by atoms with Gasteiger partial charge >= 0.3 is 0 Å². The minimum absolute atomic E-state index is 0.0619. The predicted octanol–water partition coefficient (Wildman–Crippen LogP) is 2.66. The number of anilines is 1. The number of hydrogen-bond donors (Lipinski definition) is 1. The third kappa shape index (κ3) is 3.59. The van der Waals surface area contributed by atoms with E-state index in [0.29, 0.717) is 0 Å². The zero-order valence-corrected chi connectivity index (χ0v) is 12.1. The Balaban J connectivity index is 1.84. The van der Waals surface area contributed by atoms with Gasteiger partial charge in [0.1, 0.15) is 0 Å². The summed E-state index contributed by atoms with van der Waals surface area (Å²) in [5, 5.41) is 2.96. The normalized spacial score (nSPS) is 22.1. The maximum atomic E-state index is 12.2. The third-order valence-corrected chi connectivity index (χ3v) is 4.15. The van der Waals surface area contributed by atoms with Gasteiger partial charge in [0.25, 0.3) is 0 Å². The van der Waals surface area contributed by atoms with E-state index < -0.39 is 0 Å². The van der Waals surface area contributed by atoms with Crippen LogP contribution in [-0.4, -0.2) is 29.8 Å². The van der Waals surface area contributed by atoms with Crippen LogP contribution in [0, 0.1) is 5.92 Å². The minimum atomic E-state index is 0.0619. The van der Waals surface area contributed by atoms with Crippen molar-refractivity contribution >= 4 is 17.5 Å². The maximum Gasteiger partial charge on any atom is 0.227 e. The lowest BCUT2D eigenvalue weighted by molar-refractivity contribution is -0.130. The number of hydrogen-bond acceptors (Lipinski definition) is 2. The molecule has 1 aliphatic carbocycles. The molecule has 1 aliphatic rings. The van der Waals surface area contributed by atoms with Gasteiger partial charge in [0.15, 0.2) is 0 Å². The topological polar surface area (TPSA) is 49.4 Å². The van der Waals surface area contributed by atoms with E-state index in [4.69, 9.17) is 0 Å².